The van der Waals surface area contributed by atoms with Gasteiger partial charge in [0.25, 0.3) is 0 Å². The first-order valence-electron chi connectivity index (χ1n) is 6.83. The third kappa shape index (κ3) is 3.07. The highest BCUT2D eigenvalue weighted by molar-refractivity contribution is 9.10. The Balaban J connectivity index is 2.28. The third-order valence-electron chi connectivity index (χ3n) is 3.83. The van der Waals surface area contributed by atoms with Crippen molar-refractivity contribution in [3.63, 3.8) is 0 Å². The van der Waals surface area contributed by atoms with E-state index in [2.05, 4.69) is 40.3 Å². The largest absolute Gasteiger partial charge is 0.497 e. The van der Waals surface area contributed by atoms with Crippen LogP contribution in [-0.2, 0) is 0 Å². The molecule has 1 N–H and O–H groups in total. The summed E-state index contributed by atoms with van der Waals surface area (Å²) in [5.41, 5.74) is 1.34. The molecule has 2 nitrogen and oxygen atoms in total. The summed E-state index contributed by atoms with van der Waals surface area (Å²) in [6.45, 7) is 3.18. The van der Waals surface area contributed by atoms with Crippen LogP contribution < -0.4 is 10.1 Å². The predicted octanol–water partition coefficient (Wildman–Crippen LogP) is 4.30. The van der Waals surface area contributed by atoms with Crippen molar-refractivity contribution in [2.24, 2.45) is 5.92 Å². The number of halogens is 1. The minimum atomic E-state index is 0.446. The Morgan fingerprint density at radius 1 is 1.39 bits per heavy atom. The van der Waals surface area contributed by atoms with E-state index >= 15 is 0 Å². The fraction of sp³-hybridized carbons (Fsp3) is 0.600. The van der Waals surface area contributed by atoms with Gasteiger partial charge in [0.15, 0.2) is 0 Å². The monoisotopic (exact) mass is 311 g/mol. The molecule has 1 aromatic rings. The van der Waals surface area contributed by atoms with E-state index in [1.807, 2.05) is 6.07 Å². The first kappa shape index (κ1) is 13.9. The van der Waals surface area contributed by atoms with Crippen molar-refractivity contribution >= 4 is 15.9 Å². The van der Waals surface area contributed by atoms with Gasteiger partial charge < -0.3 is 10.1 Å². The van der Waals surface area contributed by atoms with Crippen LogP contribution in [-0.4, -0.2) is 13.7 Å². The maximum Gasteiger partial charge on any atom is 0.119 e. The molecule has 0 heterocycles. The summed E-state index contributed by atoms with van der Waals surface area (Å²) < 4.78 is 6.53. The molecule has 0 saturated heterocycles. The summed E-state index contributed by atoms with van der Waals surface area (Å²) in [6.07, 6.45) is 5.41. The van der Waals surface area contributed by atoms with E-state index < -0.39 is 0 Å². The Morgan fingerprint density at radius 2 is 2.11 bits per heavy atom. The van der Waals surface area contributed by atoms with Gasteiger partial charge in [-0.1, -0.05) is 35.7 Å². The van der Waals surface area contributed by atoms with Gasteiger partial charge in [-0.15, -0.1) is 0 Å². The van der Waals surface area contributed by atoms with Gasteiger partial charge in [0.1, 0.15) is 5.75 Å². The lowest BCUT2D eigenvalue weighted by atomic mass is 9.91. The molecule has 0 aliphatic heterocycles. The summed E-state index contributed by atoms with van der Waals surface area (Å²) >= 11 is 3.68. The number of benzene rings is 1. The zero-order valence-corrected chi connectivity index (χ0v) is 12.8. The maximum absolute atomic E-state index is 5.35. The number of hydrogen-bond acceptors (Lipinski definition) is 2. The van der Waals surface area contributed by atoms with E-state index in [0.717, 1.165) is 18.2 Å². The molecule has 1 saturated carbocycles. The third-order valence-corrected chi connectivity index (χ3v) is 4.56. The Bertz CT molecular complexity index is 388. The Hall–Kier alpha value is -0.540. The van der Waals surface area contributed by atoms with Crippen molar-refractivity contribution in [2.45, 2.75) is 38.6 Å². The highest BCUT2D eigenvalue weighted by Crippen LogP contribution is 2.39. The summed E-state index contributed by atoms with van der Waals surface area (Å²) in [7, 11) is 1.73. The topological polar surface area (TPSA) is 21.3 Å². The zero-order valence-electron chi connectivity index (χ0n) is 11.2. The standard InChI is InChI=1S/C15H22BrNO/c1-3-17-15(11-6-4-5-7-11)13-10-12(18-2)8-9-14(13)16/h8-11,15,17H,3-7H2,1-2H3. The van der Waals surface area contributed by atoms with Crippen LogP contribution in [0.3, 0.4) is 0 Å². The van der Waals surface area contributed by atoms with Crippen LogP contribution >= 0.6 is 15.9 Å². The average Bonchev–Trinajstić information content (AvgIpc) is 2.91. The smallest absolute Gasteiger partial charge is 0.119 e. The lowest BCUT2D eigenvalue weighted by Gasteiger charge is -2.26. The molecule has 1 aromatic carbocycles. The van der Waals surface area contributed by atoms with Crippen molar-refractivity contribution in [1.29, 1.82) is 0 Å². The Labute approximate surface area is 118 Å². The van der Waals surface area contributed by atoms with Crippen LogP contribution in [0.15, 0.2) is 22.7 Å². The van der Waals surface area contributed by atoms with E-state index in [1.54, 1.807) is 7.11 Å². The molecule has 0 spiro atoms. The fourth-order valence-electron chi connectivity index (χ4n) is 2.93. The molecule has 2 rings (SSSR count). The predicted molar refractivity (Wildman–Crippen MR) is 79.1 cm³/mol. The fourth-order valence-corrected chi connectivity index (χ4v) is 3.42. The minimum absolute atomic E-state index is 0.446. The van der Waals surface area contributed by atoms with Crippen molar-refractivity contribution < 1.29 is 4.74 Å². The maximum atomic E-state index is 5.35. The second-order valence-electron chi connectivity index (χ2n) is 4.97. The van der Waals surface area contributed by atoms with Gasteiger partial charge in [-0.2, -0.15) is 0 Å². The summed E-state index contributed by atoms with van der Waals surface area (Å²) in [5.74, 6) is 1.70. The Kier molecular flexibility index (Phi) is 5.07. The van der Waals surface area contributed by atoms with Crippen molar-refractivity contribution in [1.82, 2.24) is 5.32 Å². The molecule has 0 amide bonds. The lowest BCUT2D eigenvalue weighted by Crippen LogP contribution is -2.27. The molecule has 0 radical (unpaired) electrons. The van der Waals surface area contributed by atoms with E-state index in [-0.39, 0.29) is 0 Å². The van der Waals surface area contributed by atoms with Gasteiger partial charge >= 0.3 is 0 Å². The molecule has 100 valence electrons. The first-order valence-corrected chi connectivity index (χ1v) is 7.62. The summed E-state index contributed by atoms with van der Waals surface area (Å²) in [6, 6.07) is 6.70. The van der Waals surface area contributed by atoms with Gasteiger partial charge in [0.05, 0.1) is 7.11 Å². The first-order chi connectivity index (χ1) is 8.76. The van der Waals surface area contributed by atoms with Crippen molar-refractivity contribution in [3.8, 4) is 5.75 Å². The lowest BCUT2D eigenvalue weighted by molar-refractivity contribution is 0.369. The van der Waals surface area contributed by atoms with E-state index in [1.165, 1.54) is 35.7 Å². The number of nitrogens with one attached hydrogen (secondary N) is 1. The minimum Gasteiger partial charge on any atom is -0.497 e. The molecule has 1 atom stereocenters. The number of hydrogen-bond donors (Lipinski definition) is 1. The van der Waals surface area contributed by atoms with E-state index in [0.29, 0.717) is 6.04 Å². The normalized spacial score (nSPS) is 17.9. The van der Waals surface area contributed by atoms with Crippen molar-refractivity contribution in [3.05, 3.63) is 28.2 Å². The highest BCUT2D eigenvalue weighted by atomic mass is 79.9. The van der Waals surface area contributed by atoms with Gasteiger partial charge in [0.2, 0.25) is 0 Å². The van der Waals surface area contributed by atoms with E-state index in [4.69, 9.17) is 4.74 Å². The second-order valence-corrected chi connectivity index (χ2v) is 5.82. The summed E-state index contributed by atoms with van der Waals surface area (Å²) in [4.78, 5) is 0. The van der Waals surface area contributed by atoms with Crippen LogP contribution in [0.25, 0.3) is 0 Å². The van der Waals surface area contributed by atoms with Gasteiger partial charge in [0, 0.05) is 10.5 Å². The average molecular weight is 312 g/mol. The molecule has 3 heteroatoms. The van der Waals surface area contributed by atoms with Crippen LogP contribution in [0.2, 0.25) is 0 Å². The molecule has 0 bridgehead atoms. The van der Waals surface area contributed by atoms with Crippen molar-refractivity contribution in [2.75, 3.05) is 13.7 Å². The SMILES string of the molecule is CCNC(c1cc(OC)ccc1Br)C1CCCC1. The van der Waals surface area contributed by atoms with Crippen LogP contribution in [0.4, 0.5) is 0 Å². The number of ether oxygens (including phenoxy) is 1. The van der Waals surface area contributed by atoms with Gasteiger partial charge in [-0.25, -0.2) is 0 Å². The molecule has 1 aliphatic carbocycles. The van der Waals surface area contributed by atoms with Crippen LogP contribution in [0.5, 0.6) is 5.75 Å². The van der Waals surface area contributed by atoms with Crippen LogP contribution in [0.1, 0.15) is 44.2 Å². The van der Waals surface area contributed by atoms with Gasteiger partial charge in [-0.3, -0.25) is 0 Å². The molecule has 1 fully saturated rings. The molecule has 0 aromatic heterocycles. The Morgan fingerprint density at radius 3 is 2.72 bits per heavy atom. The van der Waals surface area contributed by atoms with E-state index in [9.17, 15) is 0 Å². The van der Waals surface area contributed by atoms with Gasteiger partial charge in [-0.05, 0) is 49.1 Å². The molecular formula is C15H22BrNO. The molecule has 1 aliphatic rings. The molecule has 1 unspecified atom stereocenters. The second kappa shape index (κ2) is 6.58. The quantitative estimate of drug-likeness (QED) is 0.875. The number of rotatable bonds is 5. The zero-order chi connectivity index (χ0) is 13.0. The summed E-state index contributed by atoms with van der Waals surface area (Å²) in [5, 5.41) is 3.65. The van der Waals surface area contributed by atoms with Crippen LogP contribution in [0, 0.1) is 5.92 Å². The highest BCUT2D eigenvalue weighted by Gasteiger charge is 2.27. The molecule has 18 heavy (non-hydrogen) atoms. The number of methoxy groups -OCH3 is 1. The molecular weight excluding hydrogens is 290 g/mol.